The SMILES string of the molecule is CO[C@@H]1C[C@H](C[C@@H](C)[C@@H]2CC(=O)[C@H](C)/C=C(\C)[C@@H](O)[C@@H](OC)C(=O)[C@H](C)C[C@H](C)/C=C/C=C/C=C(\C)C(OCCCO)C[C@@H]3CC[C@@H](C)[C@@](O)(O3)C(=O)C(=O)N3CCCC[C@H]3C(=O)O2)CC[C@H]1O. The summed E-state index contributed by atoms with van der Waals surface area (Å²) in [6.07, 6.45) is 11.0. The van der Waals surface area contributed by atoms with E-state index in [0.717, 1.165) is 5.57 Å². The minimum absolute atomic E-state index is 0.00584. The second kappa shape index (κ2) is 27.3. The fourth-order valence-electron chi connectivity index (χ4n) is 10.3. The average Bonchev–Trinajstić information content (AvgIpc) is 3.31. The van der Waals surface area contributed by atoms with Crippen LogP contribution in [0.2, 0.25) is 0 Å². The molecule has 15 nitrogen and oxygen atoms in total. The number of esters is 1. The predicted molar refractivity (Wildman–Crippen MR) is 256 cm³/mol. The van der Waals surface area contributed by atoms with Crippen LogP contribution in [-0.4, -0.2) is 143 Å². The first-order chi connectivity index (χ1) is 32.2. The summed E-state index contributed by atoms with van der Waals surface area (Å²) < 4.78 is 29.8. The molecule has 0 aromatic rings. The van der Waals surface area contributed by atoms with Gasteiger partial charge in [-0.15, -0.1) is 0 Å². The lowest BCUT2D eigenvalue weighted by atomic mass is 9.78. The first kappa shape index (κ1) is 57.2. The molecule has 4 rings (SSSR count). The molecule has 1 amide bonds. The number of hydrogen-bond acceptors (Lipinski definition) is 14. The number of aliphatic hydroxyl groups excluding tert-OH is 3. The van der Waals surface area contributed by atoms with Crippen molar-refractivity contribution >= 4 is 29.2 Å². The van der Waals surface area contributed by atoms with Crippen molar-refractivity contribution in [1.82, 2.24) is 4.90 Å². The van der Waals surface area contributed by atoms with Crippen LogP contribution in [0.5, 0.6) is 0 Å². The van der Waals surface area contributed by atoms with Crippen LogP contribution < -0.4 is 0 Å². The van der Waals surface area contributed by atoms with E-state index in [-0.39, 0.29) is 74.4 Å². The summed E-state index contributed by atoms with van der Waals surface area (Å²) in [7, 11) is 2.93. The first-order valence-corrected chi connectivity index (χ1v) is 25.1. The number of allylic oxidation sites excluding steroid dienone is 6. The molecule has 1 saturated carbocycles. The van der Waals surface area contributed by atoms with Crippen molar-refractivity contribution in [2.24, 2.45) is 35.5 Å². The highest BCUT2D eigenvalue weighted by molar-refractivity contribution is 6.39. The average molecular weight is 958 g/mol. The van der Waals surface area contributed by atoms with Crippen molar-refractivity contribution in [1.29, 1.82) is 0 Å². The normalized spacial score (nSPS) is 39.2. The lowest BCUT2D eigenvalue weighted by Gasteiger charge is -2.43. The van der Waals surface area contributed by atoms with Crippen molar-refractivity contribution in [2.45, 2.75) is 186 Å². The number of fused-ring (bicyclic) bond motifs is 3. The molecule has 68 heavy (non-hydrogen) atoms. The van der Waals surface area contributed by atoms with Gasteiger partial charge in [-0.05, 0) is 113 Å². The zero-order chi connectivity index (χ0) is 50.3. The second-order valence-corrected chi connectivity index (χ2v) is 20.3. The fraction of sp³-hybridized carbons (Fsp3) is 0.755. The molecular formula is C53H83NO14. The lowest BCUT2D eigenvalue weighted by Crippen LogP contribution is -2.61. The van der Waals surface area contributed by atoms with Crippen molar-refractivity contribution in [3.8, 4) is 0 Å². The van der Waals surface area contributed by atoms with E-state index in [9.17, 15) is 44.4 Å². The van der Waals surface area contributed by atoms with Crippen LogP contribution >= 0.6 is 0 Å². The summed E-state index contributed by atoms with van der Waals surface area (Å²) in [5.74, 6) is -8.20. The van der Waals surface area contributed by atoms with E-state index < -0.39 is 83.9 Å². The van der Waals surface area contributed by atoms with E-state index >= 15 is 0 Å². The Labute approximate surface area is 404 Å². The Kier molecular flexibility index (Phi) is 22.9. The van der Waals surface area contributed by atoms with Crippen LogP contribution in [0.15, 0.2) is 47.6 Å². The molecule has 15 heteroatoms. The van der Waals surface area contributed by atoms with E-state index in [1.165, 1.54) is 12.0 Å². The maximum atomic E-state index is 14.4. The van der Waals surface area contributed by atoms with Gasteiger partial charge < -0.3 is 49.0 Å². The van der Waals surface area contributed by atoms with Crippen LogP contribution in [-0.2, 0) is 47.7 Å². The number of aliphatic hydroxyl groups is 4. The topological polar surface area (TPSA) is 216 Å². The number of cyclic esters (lactones) is 1. The zero-order valence-corrected chi connectivity index (χ0v) is 42.2. The molecule has 1 unspecified atom stereocenters. The van der Waals surface area contributed by atoms with Crippen LogP contribution in [0.4, 0.5) is 0 Å². The number of ether oxygens (including phenoxy) is 5. The molecule has 3 aliphatic heterocycles. The summed E-state index contributed by atoms with van der Waals surface area (Å²) in [6, 6.07) is -1.16. The lowest BCUT2D eigenvalue weighted by molar-refractivity contribution is -0.266. The Balaban J connectivity index is 1.72. The van der Waals surface area contributed by atoms with E-state index in [4.69, 9.17) is 23.7 Å². The van der Waals surface area contributed by atoms with E-state index in [0.29, 0.717) is 69.8 Å². The van der Waals surface area contributed by atoms with E-state index in [1.807, 2.05) is 51.2 Å². The smallest absolute Gasteiger partial charge is 0.329 e. The van der Waals surface area contributed by atoms with Gasteiger partial charge in [-0.25, -0.2) is 4.79 Å². The molecule has 0 aromatic carbocycles. The van der Waals surface area contributed by atoms with Gasteiger partial charge in [0, 0.05) is 64.6 Å². The van der Waals surface area contributed by atoms with Gasteiger partial charge in [-0.1, -0.05) is 71.1 Å². The quantitative estimate of drug-likeness (QED) is 0.0913. The molecule has 2 bridgehead atoms. The summed E-state index contributed by atoms with van der Waals surface area (Å²) in [4.78, 5) is 72.1. The fourth-order valence-corrected chi connectivity index (χ4v) is 10.3. The first-order valence-electron chi connectivity index (χ1n) is 25.1. The number of rotatable bonds is 9. The van der Waals surface area contributed by atoms with Gasteiger partial charge in [-0.2, -0.15) is 0 Å². The standard InChI is InChI=1S/C53H83NO14/c1-32-16-11-10-12-17-33(2)44(66-25-15-24-55)30-40-21-19-38(7)53(63,68-40)50(60)51(61)54-23-14-13-18-41(54)52(62)67-45(35(4)28-39-20-22-42(56)46(29-39)64-8)31-43(57)34(3)27-37(6)48(59)49(65-9)47(58)36(5)26-32/h10-12,16-17,27,32,34-36,38-42,44-46,48-49,55-56,59,63H,13-15,18-26,28-31H2,1-9H3/b12-10+,16-11+,33-17+,37-27+/t32-,34-,35-,36-,38-,39+,40+,41+,42-,44?,45+,46-,48-,49+,53-/m1/s1. The molecule has 1 aliphatic carbocycles. The van der Waals surface area contributed by atoms with Gasteiger partial charge >= 0.3 is 5.97 Å². The van der Waals surface area contributed by atoms with Gasteiger partial charge in [0.25, 0.3) is 11.7 Å². The van der Waals surface area contributed by atoms with Crippen molar-refractivity contribution < 1.29 is 68.1 Å². The Hall–Kier alpha value is -3.41. The maximum Gasteiger partial charge on any atom is 0.329 e. The van der Waals surface area contributed by atoms with Gasteiger partial charge in [-0.3, -0.25) is 19.2 Å². The minimum Gasteiger partial charge on any atom is -0.460 e. The number of piperidine rings is 1. The number of methoxy groups -OCH3 is 2. The highest BCUT2D eigenvalue weighted by Crippen LogP contribution is 2.38. The molecule has 2 saturated heterocycles. The van der Waals surface area contributed by atoms with Crippen molar-refractivity contribution in [3.05, 3.63) is 47.6 Å². The van der Waals surface area contributed by atoms with Crippen LogP contribution in [0.3, 0.4) is 0 Å². The summed E-state index contributed by atoms with van der Waals surface area (Å²) in [5.41, 5.74) is 1.21. The number of hydrogen-bond donors (Lipinski definition) is 4. The third-order valence-electron chi connectivity index (χ3n) is 14.8. The number of Topliss-reactive ketones (excluding diaryl/α,β-unsaturated/α-hetero) is 3. The van der Waals surface area contributed by atoms with Crippen LogP contribution in [0, 0.1) is 35.5 Å². The minimum atomic E-state index is -2.47. The highest BCUT2D eigenvalue weighted by Gasteiger charge is 2.53. The molecule has 0 aromatic heterocycles. The monoisotopic (exact) mass is 958 g/mol. The van der Waals surface area contributed by atoms with Crippen LogP contribution in [0.25, 0.3) is 0 Å². The molecular weight excluding hydrogens is 875 g/mol. The van der Waals surface area contributed by atoms with Gasteiger partial charge in [0.2, 0.25) is 5.79 Å². The number of ketones is 3. The maximum absolute atomic E-state index is 14.4. The molecule has 4 N–H and O–H groups in total. The Morgan fingerprint density at radius 2 is 1.62 bits per heavy atom. The highest BCUT2D eigenvalue weighted by atomic mass is 16.6. The number of amides is 1. The van der Waals surface area contributed by atoms with E-state index in [2.05, 4.69) is 0 Å². The summed E-state index contributed by atoms with van der Waals surface area (Å²) >= 11 is 0. The largest absolute Gasteiger partial charge is 0.460 e. The Morgan fingerprint density at radius 3 is 2.31 bits per heavy atom. The van der Waals surface area contributed by atoms with Crippen molar-refractivity contribution in [3.63, 3.8) is 0 Å². The molecule has 15 atom stereocenters. The zero-order valence-electron chi connectivity index (χ0n) is 42.2. The van der Waals surface area contributed by atoms with E-state index in [1.54, 1.807) is 40.9 Å². The van der Waals surface area contributed by atoms with Gasteiger partial charge in [0.15, 0.2) is 5.78 Å². The summed E-state index contributed by atoms with van der Waals surface area (Å²) in [6.45, 7) is 12.8. The number of carbonyl (C=O) groups is 5. The molecule has 384 valence electrons. The molecule has 3 fully saturated rings. The molecule has 4 aliphatic rings. The van der Waals surface area contributed by atoms with Gasteiger partial charge in [0.05, 0.1) is 24.4 Å². The third kappa shape index (κ3) is 15.5. The number of carbonyl (C=O) groups excluding carboxylic acids is 5. The number of nitrogens with zero attached hydrogens (tertiary/aromatic N) is 1. The summed E-state index contributed by atoms with van der Waals surface area (Å²) in [5, 5.41) is 43.5. The molecule has 3 heterocycles. The molecule has 0 radical (unpaired) electrons. The second-order valence-electron chi connectivity index (χ2n) is 20.3. The predicted octanol–water partition coefficient (Wildman–Crippen LogP) is 5.93. The Morgan fingerprint density at radius 1 is 0.882 bits per heavy atom. The third-order valence-corrected chi connectivity index (χ3v) is 14.8. The molecule has 0 spiro atoms. The van der Waals surface area contributed by atoms with Crippen molar-refractivity contribution in [2.75, 3.05) is 34.0 Å². The van der Waals surface area contributed by atoms with Crippen LogP contribution in [0.1, 0.15) is 132 Å². The van der Waals surface area contributed by atoms with Gasteiger partial charge in [0.1, 0.15) is 30.1 Å². The Bertz CT molecular complexity index is 1810.